The topological polar surface area (TPSA) is 58.2 Å². The second kappa shape index (κ2) is 6.03. The lowest BCUT2D eigenvalue weighted by molar-refractivity contribution is 0.578. The van der Waals surface area contributed by atoms with Gasteiger partial charge in [0.2, 0.25) is 10.0 Å². The van der Waals surface area contributed by atoms with Crippen molar-refractivity contribution < 1.29 is 8.42 Å². The summed E-state index contributed by atoms with van der Waals surface area (Å²) < 4.78 is 27.5. The van der Waals surface area contributed by atoms with Crippen LogP contribution in [-0.2, 0) is 10.0 Å². The van der Waals surface area contributed by atoms with Crippen LogP contribution in [-0.4, -0.2) is 28.6 Å². The molecule has 0 heterocycles. The molecule has 0 unspecified atom stereocenters. The van der Waals surface area contributed by atoms with Crippen molar-refractivity contribution in [3.8, 4) is 0 Å². The van der Waals surface area contributed by atoms with Gasteiger partial charge in [-0.3, -0.25) is 0 Å². The van der Waals surface area contributed by atoms with Crippen LogP contribution in [0.3, 0.4) is 0 Å². The first kappa shape index (κ1) is 16.1. The van der Waals surface area contributed by atoms with Gasteiger partial charge in [-0.05, 0) is 69.5 Å². The van der Waals surface area contributed by atoms with Crippen LogP contribution in [0.25, 0.3) is 0 Å². The highest BCUT2D eigenvalue weighted by Gasteiger charge is 2.22. The maximum absolute atomic E-state index is 12.4. The Morgan fingerprint density at radius 2 is 1.21 bits per heavy atom. The van der Waals surface area contributed by atoms with E-state index in [4.69, 9.17) is 0 Å². The standard InChI is InChI=1S/C14H24N2O2S/c1-9-10(2)12(4)14(13(5)11(9)3)19(17,18)16-8-7-15-6/h15-16H,7-8H2,1-6H3. The van der Waals surface area contributed by atoms with Crippen LogP contribution in [0.1, 0.15) is 27.8 Å². The molecule has 0 aliphatic rings. The summed E-state index contributed by atoms with van der Waals surface area (Å²) in [6.07, 6.45) is 0. The zero-order chi connectivity index (χ0) is 14.8. The zero-order valence-corrected chi connectivity index (χ0v) is 13.5. The third-order valence-electron chi connectivity index (χ3n) is 3.87. The highest BCUT2D eigenvalue weighted by atomic mass is 32.2. The van der Waals surface area contributed by atoms with Crippen LogP contribution in [0.5, 0.6) is 0 Å². The Morgan fingerprint density at radius 3 is 1.63 bits per heavy atom. The molecule has 108 valence electrons. The van der Waals surface area contributed by atoms with Crippen LogP contribution in [0.2, 0.25) is 0 Å². The third kappa shape index (κ3) is 3.16. The molecule has 5 heteroatoms. The minimum absolute atomic E-state index is 0.393. The van der Waals surface area contributed by atoms with Crippen molar-refractivity contribution in [1.29, 1.82) is 0 Å². The summed E-state index contributed by atoms with van der Waals surface area (Å²) in [5.74, 6) is 0. The molecule has 0 fully saturated rings. The van der Waals surface area contributed by atoms with Gasteiger partial charge in [0.15, 0.2) is 0 Å². The number of hydrogen-bond donors (Lipinski definition) is 2. The highest BCUT2D eigenvalue weighted by Crippen LogP contribution is 2.29. The quantitative estimate of drug-likeness (QED) is 0.810. The molecule has 0 aliphatic heterocycles. The van der Waals surface area contributed by atoms with Crippen molar-refractivity contribution in [2.75, 3.05) is 20.1 Å². The van der Waals surface area contributed by atoms with Gasteiger partial charge in [-0.2, -0.15) is 0 Å². The van der Waals surface area contributed by atoms with Gasteiger partial charge in [-0.15, -0.1) is 0 Å². The molecule has 4 nitrogen and oxygen atoms in total. The predicted molar refractivity (Wildman–Crippen MR) is 79.2 cm³/mol. The fraction of sp³-hybridized carbons (Fsp3) is 0.571. The summed E-state index contributed by atoms with van der Waals surface area (Å²) in [6.45, 7) is 10.7. The molecule has 1 aromatic carbocycles. The summed E-state index contributed by atoms with van der Waals surface area (Å²) in [7, 11) is -1.65. The lowest BCUT2D eigenvalue weighted by Gasteiger charge is -2.19. The van der Waals surface area contributed by atoms with Gasteiger partial charge in [0, 0.05) is 13.1 Å². The van der Waals surface area contributed by atoms with E-state index in [9.17, 15) is 8.42 Å². The fourth-order valence-corrected chi connectivity index (χ4v) is 3.88. The number of nitrogens with one attached hydrogen (secondary N) is 2. The van der Waals surface area contributed by atoms with Crippen molar-refractivity contribution in [3.63, 3.8) is 0 Å². The number of hydrogen-bond acceptors (Lipinski definition) is 3. The Balaban J connectivity index is 3.35. The van der Waals surface area contributed by atoms with E-state index in [1.54, 1.807) is 7.05 Å². The van der Waals surface area contributed by atoms with Crippen molar-refractivity contribution in [2.45, 2.75) is 39.5 Å². The Bertz CT molecular complexity index is 549. The Labute approximate surface area is 116 Å². The van der Waals surface area contributed by atoms with Crippen molar-refractivity contribution in [3.05, 3.63) is 27.8 Å². The van der Waals surface area contributed by atoms with Gasteiger partial charge in [-0.1, -0.05) is 0 Å². The van der Waals surface area contributed by atoms with E-state index >= 15 is 0 Å². The van der Waals surface area contributed by atoms with E-state index < -0.39 is 10.0 Å². The SMILES string of the molecule is CNCCNS(=O)(=O)c1c(C)c(C)c(C)c(C)c1C. The Morgan fingerprint density at radius 1 is 0.789 bits per heavy atom. The molecular weight excluding hydrogens is 260 g/mol. The number of rotatable bonds is 5. The lowest BCUT2D eigenvalue weighted by atomic mass is 9.95. The van der Waals surface area contributed by atoms with E-state index in [0.717, 1.165) is 22.3 Å². The number of likely N-dealkylation sites (N-methyl/N-ethyl adjacent to an activating group) is 1. The molecule has 0 amide bonds. The molecule has 0 atom stereocenters. The van der Waals surface area contributed by atoms with Crippen LogP contribution < -0.4 is 10.0 Å². The van der Waals surface area contributed by atoms with E-state index in [2.05, 4.69) is 10.0 Å². The van der Waals surface area contributed by atoms with Crippen molar-refractivity contribution in [2.24, 2.45) is 0 Å². The molecule has 0 spiro atoms. The molecule has 0 bridgehead atoms. The van der Waals surface area contributed by atoms with Gasteiger partial charge in [-0.25, -0.2) is 13.1 Å². The fourth-order valence-electron chi connectivity index (χ4n) is 2.25. The zero-order valence-electron chi connectivity index (χ0n) is 12.6. The van der Waals surface area contributed by atoms with Gasteiger partial charge in [0.25, 0.3) is 0 Å². The van der Waals surface area contributed by atoms with Crippen LogP contribution in [0.4, 0.5) is 0 Å². The van der Waals surface area contributed by atoms with E-state index in [-0.39, 0.29) is 0 Å². The van der Waals surface area contributed by atoms with Crippen LogP contribution in [0.15, 0.2) is 4.90 Å². The predicted octanol–water partition coefficient (Wildman–Crippen LogP) is 1.73. The van der Waals surface area contributed by atoms with Gasteiger partial charge in [0.05, 0.1) is 4.90 Å². The average Bonchev–Trinajstić information content (AvgIpc) is 2.34. The molecule has 2 N–H and O–H groups in total. The second-order valence-corrected chi connectivity index (χ2v) is 6.66. The first-order valence-corrected chi connectivity index (χ1v) is 7.93. The minimum atomic E-state index is -3.45. The number of sulfonamides is 1. The maximum atomic E-state index is 12.4. The van der Waals surface area contributed by atoms with E-state index in [1.807, 2.05) is 34.6 Å². The molecular formula is C14H24N2O2S. The third-order valence-corrected chi connectivity index (χ3v) is 5.60. The first-order valence-electron chi connectivity index (χ1n) is 6.45. The van der Waals surface area contributed by atoms with E-state index in [0.29, 0.717) is 18.0 Å². The average molecular weight is 284 g/mol. The smallest absolute Gasteiger partial charge is 0.241 e. The van der Waals surface area contributed by atoms with Gasteiger partial charge < -0.3 is 5.32 Å². The summed E-state index contributed by atoms with van der Waals surface area (Å²) in [5, 5.41) is 2.93. The maximum Gasteiger partial charge on any atom is 0.241 e. The highest BCUT2D eigenvalue weighted by molar-refractivity contribution is 7.89. The monoisotopic (exact) mass is 284 g/mol. The lowest BCUT2D eigenvalue weighted by Crippen LogP contribution is -2.31. The molecule has 0 radical (unpaired) electrons. The largest absolute Gasteiger partial charge is 0.318 e. The van der Waals surface area contributed by atoms with Gasteiger partial charge >= 0.3 is 0 Å². The van der Waals surface area contributed by atoms with Crippen molar-refractivity contribution in [1.82, 2.24) is 10.0 Å². The summed E-state index contributed by atoms with van der Waals surface area (Å²) in [5.41, 5.74) is 4.97. The summed E-state index contributed by atoms with van der Waals surface area (Å²) >= 11 is 0. The number of benzene rings is 1. The Hall–Kier alpha value is -0.910. The van der Waals surface area contributed by atoms with Gasteiger partial charge in [0.1, 0.15) is 0 Å². The van der Waals surface area contributed by atoms with Crippen LogP contribution in [0, 0.1) is 34.6 Å². The molecule has 0 saturated heterocycles. The molecule has 0 aliphatic carbocycles. The van der Waals surface area contributed by atoms with E-state index in [1.165, 1.54) is 5.56 Å². The Kier molecular flexibility index (Phi) is 5.12. The minimum Gasteiger partial charge on any atom is -0.318 e. The molecule has 0 aromatic heterocycles. The summed E-state index contributed by atoms with van der Waals surface area (Å²) in [6, 6.07) is 0. The second-order valence-electron chi connectivity index (χ2n) is 4.96. The summed E-state index contributed by atoms with van der Waals surface area (Å²) in [4.78, 5) is 0.434. The molecule has 1 aromatic rings. The van der Waals surface area contributed by atoms with Crippen molar-refractivity contribution >= 4 is 10.0 Å². The van der Waals surface area contributed by atoms with Crippen LogP contribution >= 0.6 is 0 Å². The first-order chi connectivity index (χ1) is 8.74. The molecule has 1 rings (SSSR count). The molecule has 0 saturated carbocycles. The molecule has 19 heavy (non-hydrogen) atoms. The normalized spacial score (nSPS) is 11.9.